The first kappa shape index (κ1) is 26.0. The van der Waals surface area contributed by atoms with Crippen LogP contribution in [-0.4, -0.2) is 34.1 Å². The largest absolute Gasteiger partial charge is 0.508 e. The van der Waals surface area contributed by atoms with Gasteiger partial charge in [-0.25, -0.2) is 4.79 Å². The van der Waals surface area contributed by atoms with E-state index < -0.39 is 22.8 Å². The van der Waals surface area contributed by atoms with Crippen molar-refractivity contribution >= 4 is 17.6 Å². The van der Waals surface area contributed by atoms with Crippen molar-refractivity contribution in [2.45, 2.75) is 38.8 Å². The third kappa shape index (κ3) is 7.43. The zero-order valence-corrected chi connectivity index (χ0v) is 19.9. The molecule has 0 heterocycles. The Balaban J connectivity index is 1.84. The first-order chi connectivity index (χ1) is 17.2. The predicted molar refractivity (Wildman–Crippen MR) is 134 cm³/mol. The molecule has 3 aromatic rings. The summed E-state index contributed by atoms with van der Waals surface area (Å²) in [5.41, 5.74) is 1.47. The van der Waals surface area contributed by atoms with E-state index in [9.17, 15) is 24.8 Å². The van der Waals surface area contributed by atoms with E-state index in [1.54, 1.807) is 26.0 Å². The van der Waals surface area contributed by atoms with Crippen molar-refractivity contribution in [3.63, 3.8) is 0 Å². The lowest BCUT2D eigenvalue weighted by Crippen LogP contribution is -2.43. The van der Waals surface area contributed by atoms with Crippen LogP contribution in [0.5, 0.6) is 5.75 Å². The minimum atomic E-state index is -0.901. The van der Waals surface area contributed by atoms with E-state index in [0.717, 1.165) is 5.56 Å². The van der Waals surface area contributed by atoms with E-state index in [-0.39, 0.29) is 28.7 Å². The van der Waals surface area contributed by atoms with Crippen molar-refractivity contribution < 1.29 is 24.4 Å². The standard InChI is InChI=1S/C28H26N2O6/c1-19(2)36-28(33)25(16-11-20-6-4-3-5-7-20)29-27(32)23-13-17-26(30(34)35)22(18-23)12-8-21-9-14-24(31)15-10-21/h3-7,9-10,13-15,17-19,25,31H,11,16H2,1-2H3,(H,29,32). The van der Waals surface area contributed by atoms with Crippen LogP contribution in [0.4, 0.5) is 5.69 Å². The minimum absolute atomic E-state index is 0.0475. The van der Waals surface area contributed by atoms with Crippen molar-refractivity contribution in [1.82, 2.24) is 5.32 Å². The minimum Gasteiger partial charge on any atom is -0.508 e. The molecule has 8 heteroatoms. The molecule has 184 valence electrons. The number of hydrogen-bond donors (Lipinski definition) is 2. The second kappa shape index (κ2) is 12.2. The number of aromatic hydroxyl groups is 1. The number of hydrogen-bond acceptors (Lipinski definition) is 6. The lowest BCUT2D eigenvalue weighted by molar-refractivity contribution is -0.385. The van der Waals surface area contributed by atoms with Crippen LogP contribution in [0.3, 0.4) is 0 Å². The number of phenolic OH excluding ortho intramolecular Hbond substituents is 1. The maximum atomic E-state index is 13.0. The summed E-state index contributed by atoms with van der Waals surface area (Å²) in [6.07, 6.45) is 0.513. The number of ether oxygens (including phenoxy) is 1. The molecule has 0 spiro atoms. The van der Waals surface area contributed by atoms with Crippen LogP contribution in [0.15, 0.2) is 72.8 Å². The second-order valence-corrected chi connectivity index (χ2v) is 8.32. The SMILES string of the molecule is CC(C)OC(=O)C(CCc1ccccc1)NC(=O)c1ccc([N+](=O)[O-])c(C#Cc2ccc(O)cc2)c1. The number of carbonyl (C=O) groups is 2. The van der Waals surface area contributed by atoms with Gasteiger partial charge in [-0.05, 0) is 68.7 Å². The fourth-order valence-electron chi connectivity index (χ4n) is 3.38. The first-order valence-electron chi connectivity index (χ1n) is 11.4. The second-order valence-electron chi connectivity index (χ2n) is 8.32. The highest BCUT2D eigenvalue weighted by Gasteiger charge is 2.25. The van der Waals surface area contributed by atoms with Crippen LogP contribution < -0.4 is 5.32 Å². The monoisotopic (exact) mass is 486 g/mol. The topological polar surface area (TPSA) is 119 Å². The van der Waals surface area contributed by atoms with Gasteiger partial charge in [0.2, 0.25) is 0 Å². The lowest BCUT2D eigenvalue weighted by atomic mass is 10.0. The van der Waals surface area contributed by atoms with E-state index in [4.69, 9.17) is 4.74 Å². The highest BCUT2D eigenvalue weighted by atomic mass is 16.6. The summed E-state index contributed by atoms with van der Waals surface area (Å²) in [5, 5.41) is 23.6. The summed E-state index contributed by atoms with van der Waals surface area (Å²) < 4.78 is 5.32. The molecule has 0 radical (unpaired) electrons. The molecular formula is C28H26N2O6. The molecule has 0 aliphatic carbocycles. The van der Waals surface area contributed by atoms with Gasteiger partial charge in [0, 0.05) is 17.2 Å². The molecule has 0 aliphatic heterocycles. The molecule has 3 aromatic carbocycles. The predicted octanol–water partition coefficient (Wildman–Crippen LogP) is 4.38. The Bertz CT molecular complexity index is 1290. The Morgan fingerprint density at radius 2 is 1.72 bits per heavy atom. The zero-order chi connectivity index (χ0) is 26.1. The molecule has 1 unspecified atom stereocenters. The van der Waals surface area contributed by atoms with Crippen LogP contribution in [-0.2, 0) is 16.0 Å². The van der Waals surface area contributed by atoms with Gasteiger partial charge in [0.15, 0.2) is 0 Å². The molecule has 36 heavy (non-hydrogen) atoms. The Kier molecular flexibility index (Phi) is 8.79. The molecule has 0 fully saturated rings. The van der Waals surface area contributed by atoms with E-state index in [2.05, 4.69) is 17.2 Å². The number of phenols is 1. The number of carbonyl (C=O) groups excluding carboxylic acids is 2. The average Bonchev–Trinajstić information content (AvgIpc) is 2.86. The molecule has 2 N–H and O–H groups in total. The van der Waals surface area contributed by atoms with E-state index in [1.165, 1.54) is 30.3 Å². The van der Waals surface area contributed by atoms with Crippen molar-refractivity contribution in [3.05, 3.63) is 105 Å². The third-order valence-corrected chi connectivity index (χ3v) is 5.17. The molecule has 0 bridgehead atoms. The van der Waals surface area contributed by atoms with E-state index in [1.807, 2.05) is 30.3 Å². The number of nitro benzene ring substituents is 1. The number of nitro groups is 1. The number of esters is 1. The number of benzene rings is 3. The zero-order valence-electron chi connectivity index (χ0n) is 19.9. The first-order valence-corrected chi connectivity index (χ1v) is 11.4. The van der Waals surface area contributed by atoms with Crippen LogP contribution in [0.2, 0.25) is 0 Å². The van der Waals surface area contributed by atoms with Gasteiger partial charge >= 0.3 is 5.97 Å². The molecule has 0 aromatic heterocycles. The molecule has 1 atom stereocenters. The highest BCUT2D eigenvalue weighted by Crippen LogP contribution is 2.20. The molecular weight excluding hydrogens is 460 g/mol. The van der Waals surface area contributed by atoms with Crippen molar-refractivity contribution in [2.24, 2.45) is 0 Å². The number of nitrogens with zero attached hydrogens (tertiary/aromatic N) is 1. The number of rotatable bonds is 8. The summed E-state index contributed by atoms with van der Waals surface area (Å²) in [6, 6.07) is 18.6. The summed E-state index contributed by atoms with van der Waals surface area (Å²) in [4.78, 5) is 36.6. The molecule has 8 nitrogen and oxygen atoms in total. The Hall–Kier alpha value is -4.64. The van der Waals surface area contributed by atoms with Gasteiger partial charge in [0.25, 0.3) is 11.6 Å². The number of aryl methyl sites for hydroxylation is 1. The summed E-state index contributed by atoms with van der Waals surface area (Å²) in [7, 11) is 0. The van der Waals surface area contributed by atoms with Crippen LogP contribution in [0, 0.1) is 22.0 Å². The number of nitrogens with one attached hydrogen (secondary N) is 1. The van der Waals surface area contributed by atoms with Gasteiger partial charge in [-0.15, -0.1) is 0 Å². The maximum Gasteiger partial charge on any atom is 0.328 e. The summed E-state index contributed by atoms with van der Waals surface area (Å²) >= 11 is 0. The molecule has 1 amide bonds. The molecule has 0 saturated carbocycles. The van der Waals surface area contributed by atoms with E-state index in [0.29, 0.717) is 18.4 Å². The maximum absolute atomic E-state index is 13.0. The smallest absolute Gasteiger partial charge is 0.328 e. The van der Waals surface area contributed by atoms with Gasteiger partial charge < -0.3 is 15.2 Å². The van der Waals surface area contributed by atoms with Gasteiger partial charge in [-0.2, -0.15) is 0 Å². The Labute approximate surface area is 209 Å². The molecule has 3 rings (SSSR count). The van der Waals surface area contributed by atoms with Crippen molar-refractivity contribution in [1.29, 1.82) is 0 Å². The Morgan fingerprint density at radius 1 is 1.03 bits per heavy atom. The fraction of sp³-hybridized carbons (Fsp3) is 0.214. The Morgan fingerprint density at radius 3 is 2.36 bits per heavy atom. The van der Waals surface area contributed by atoms with Crippen molar-refractivity contribution in [2.75, 3.05) is 0 Å². The van der Waals surface area contributed by atoms with Gasteiger partial charge in [0.05, 0.1) is 11.0 Å². The van der Waals surface area contributed by atoms with Crippen LogP contribution in [0.1, 0.15) is 47.3 Å². The normalized spacial score (nSPS) is 11.2. The third-order valence-electron chi connectivity index (χ3n) is 5.17. The van der Waals surface area contributed by atoms with E-state index >= 15 is 0 Å². The average molecular weight is 487 g/mol. The van der Waals surface area contributed by atoms with Gasteiger partial charge in [-0.3, -0.25) is 14.9 Å². The summed E-state index contributed by atoms with van der Waals surface area (Å²) in [5.74, 6) is 4.47. The lowest BCUT2D eigenvalue weighted by Gasteiger charge is -2.19. The van der Waals surface area contributed by atoms with Crippen LogP contribution in [0.25, 0.3) is 0 Å². The quantitative estimate of drug-likeness (QED) is 0.211. The number of amides is 1. The molecule has 0 saturated heterocycles. The fourth-order valence-corrected chi connectivity index (χ4v) is 3.38. The van der Waals surface area contributed by atoms with Crippen molar-refractivity contribution in [3.8, 4) is 17.6 Å². The van der Waals surface area contributed by atoms with Crippen LogP contribution >= 0.6 is 0 Å². The van der Waals surface area contributed by atoms with Gasteiger partial charge in [0.1, 0.15) is 17.4 Å². The summed E-state index contributed by atoms with van der Waals surface area (Å²) in [6.45, 7) is 3.45. The molecule has 0 aliphatic rings. The van der Waals surface area contributed by atoms with Gasteiger partial charge in [-0.1, -0.05) is 42.2 Å². The highest BCUT2D eigenvalue weighted by molar-refractivity contribution is 5.97.